The molecule has 0 spiro atoms. The van der Waals surface area contributed by atoms with Gasteiger partial charge in [0.2, 0.25) is 0 Å². The lowest BCUT2D eigenvalue weighted by Gasteiger charge is -2.13. The molecule has 0 saturated heterocycles. The lowest BCUT2D eigenvalue weighted by molar-refractivity contribution is -0.143. The van der Waals surface area contributed by atoms with Gasteiger partial charge in [-0.25, -0.2) is 0 Å². The molecule has 22 heavy (non-hydrogen) atoms. The second kappa shape index (κ2) is 7.31. The molecule has 2 aromatic rings. The van der Waals surface area contributed by atoms with Gasteiger partial charge in [0, 0.05) is 36.3 Å². The van der Waals surface area contributed by atoms with Crippen molar-refractivity contribution in [1.82, 2.24) is 9.97 Å². The van der Waals surface area contributed by atoms with Gasteiger partial charge >= 0.3 is 5.97 Å². The maximum Gasteiger partial charge on any atom is 0.306 e. The van der Waals surface area contributed by atoms with Gasteiger partial charge < -0.3 is 9.72 Å². The number of nitrogens with one attached hydrogen (secondary N) is 1. The number of carbonyl (C=O) groups is 3. The van der Waals surface area contributed by atoms with Crippen LogP contribution in [0.4, 0.5) is 0 Å². The van der Waals surface area contributed by atoms with Crippen molar-refractivity contribution in [1.29, 1.82) is 0 Å². The third-order valence-electron chi connectivity index (χ3n) is 3.30. The van der Waals surface area contributed by atoms with Gasteiger partial charge in [0.25, 0.3) is 0 Å². The quantitative estimate of drug-likeness (QED) is 0.476. The van der Waals surface area contributed by atoms with Crippen molar-refractivity contribution < 1.29 is 19.1 Å². The second-order valence-corrected chi connectivity index (χ2v) is 4.77. The summed E-state index contributed by atoms with van der Waals surface area (Å²) in [6.07, 6.45) is 4.43. The molecule has 1 unspecified atom stereocenters. The molecule has 0 radical (unpaired) electrons. The fourth-order valence-electron chi connectivity index (χ4n) is 2.11. The summed E-state index contributed by atoms with van der Waals surface area (Å²) in [7, 11) is 1.23. The molecule has 0 aliphatic rings. The van der Waals surface area contributed by atoms with Crippen molar-refractivity contribution in [2.45, 2.75) is 12.8 Å². The fourth-order valence-corrected chi connectivity index (χ4v) is 2.11. The summed E-state index contributed by atoms with van der Waals surface area (Å²) in [5.41, 5.74) is 1.05. The largest absolute Gasteiger partial charge is 0.469 e. The lowest BCUT2D eigenvalue weighted by Crippen LogP contribution is -2.29. The van der Waals surface area contributed by atoms with Gasteiger partial charge in [-0.1, -0.05) is 0 Å². The smallest absolute Gasteiger partial charge is 0.306 e. The third-order valence-corrected chi connectivity index (χ3v) is 3.30. The first-order valence-corrected chi connectivity index (χ1v) is 6.78. The normalized spacial score (nSPS) is 11.7. The number of ether oxygens (including phenoxy) is 1. The van der Waals surface area contributed by atoms with Crippen LogP contribution in [-0.2, 0) is 20.7 Å². The van der Waals surface area contributed by atoms with Crippen molar-refractivity contribution in [3.05, 3.63) is 54.1 Å². The molecule has 0 amide bonds. The zero-order chi connectivity index (χ0) is 15.9. The van der Waals surface area contributed by atoms with Gasteiger partial charge in [0.1, 0.15) is 5.78 Å². The fraction of sp³-hybridized carbons (Fsp3) is 0.250. The van der Waals surface area contributed by atoms with Crippen molar-refractivity contribution in [2.75, 3.05) is 7.11 Å². The second-order valence-electron chi connectivity index (χ2n) is 4.77. The Hall–Kier alpha value is -2.76. The van der Waals surface area contributed by atoms with E-state index >= 15 is 0 Å². The Morgan fingerprint density at radius 1 is 1.23 bits per heavy atom. The highest BCUT2D eigenvalue weighted by molar-refractivity contribution is 6.12. The Labute approximate surface area is 127 Å². The van der Waals surface area contributed by atoms with E-state index in [0.29, 0.717) is 11.3 Å². The SMILES string of the molecule is COC(=O)CC(C(=O)Cc1ccc[nH]1)C(=O)c1ccncc1. The summed E-state index contributed by atoms with van der Waals surface area (Å²) in [4.78, 5) is 43.2. The number of nitrogens with zero attached hydrogens (tertiary/aromatic N) is 1. The van der Waals surface area contributed by atoms with Gasteiger partial charge in [0.05, 0.1) is 19.4 Å². The summed E-state index contributed by atoms with van der Waals surface area (Å²) in [6, 6.07) is 6.57. The first-order valence-electron chi connectivity index (χ1n) is 6.78. The average Bonchev–Trinajstić information content (AvgIpc) is 3.05. The van der Waals surface area contributed by atoms with E-state index in [1.807, 2.05) is 0 Å². The molecule has 2 heterocycles. The molecule has 0 bridgehead atoms. The van der Waals surface area contributed by atoms with Gasteiger partial charge in [-0.05, 0) is 24.3 Å². The van der Waals surface area contributed by atoms with Crippen molar-refractivity contribution >= 4 is 17.5 Å². The zero-order valence-electron chi connectivity index (χ0n) is 12.1. The molecule has 0 fully saturated rings. The van der Waals surface area contributed by atoms with Crippen molar-refractivity contribution in [3.8, 4) is 0 Å². The maximum atomic E-state index is 12.5. The monoisotopic (exact) mass is 300 g/mol. The number of rotatable bonds is 7. The number of esters is 1. The lowest BCUT2D eigenvalue weighted by atomic mass is 9.89. The Morgan fingerprint density at radius 2 is 1.95 bits per heavy atom. The Balaban J connectivity index is 2.20. The van der Waals surface area contributed by atoms with Crippen LogP contribution in [0, 0.1) is 5.92 Å². The Bertz CT molecular complexity index is 650. The molecule has 2 aromatic heterocycles. The summed E-state index contributed by atoms with van der Waals surface area (Å²) in [5, 5.41) is 0. The van der Waals surface area contributed by atoms with E-state index in [0.717, 1.165) is 0 Å². The number of aromatic amines is 1. The topological polar surface area (TPSA) is 89.1 Å². The molecule has 0 aliphatic heterocycles. The Morgan fingerprint density at radius 3 is 2.55 bits per heavy atom. The number of ketones is 2. The van der Waals surface area contributed by atoms with Crippen LogP contribution in [0.1, 0.15) is 22.5 Å². The number of H-pyrrole nitrogens is 1. The zero-order valence-corrected chi connectivity index (χ0v) is 12.1. The van der Waals surface area contributed by atoms with Crippen LogP contribution in [-0.4, -0.2) is 34.6 Å². The Kier molecular flexibility index (Phi) is 5.19. The number of pyridine rings is 1. The standard InChI is InChI=1S/C16H16N2O4/c1-22-15(20)10-13(14(19)9-12-3-2-6-18-12)16(21)11-4-7-17-8-5-11/h2-8,13,18H,9-10H2,1H3. The summed E-state index contributed by atoms with van der Waals surface area (Å²) < 4.78 is 4.59. The molecule has 1 N–H and O–H groups in total. The number of hydrogen-bond donors (Lipinski definition) is 1. The molecular formula is C16H16N2O4. The number of hydrogen-bond acceptors (Lipinski definition) is 5. The molecule has 1 atom stereocenters. The van der Waals surface area contributed by atoms with Crippen LogP contribution in [0.3, 0.4) is 0 Å². The van der Waals surface area contributed by atoms with Crippen LogP contribution in [0.2, 0.25) is 0 Å². The van der Waals surface area contributed by atoms with E-state index in [1.54, 1.807) is 18.3 Å². The highest BCUT2D eigenvalue weighted by Gasteiger charge is 2.30. The minimum atomic E-state index is -1.06. The molecule has 6 nitrogen and oxygen atoms in total. The van der Waals surface area contributed by atoms with Crippen molar-refractivity contribution in [2.24, 2.45) is 5.92 Å². The molecule has 0 aliphatic carbocycles. The van der Waals surface area contributed by atoms with Crippen LogP contribution in [0.5, 0.6) is 0 Å². The van der Waals surface area contributed by atoms with Crippen LogP contribution < -0.4 is 0 Å². The van der Waals surface area contributed by atoms with E-state index in [2.05, 4.69) is 14.7 Å². The van der Waals surface area contributed by atoms with Crippen LogP contribution >= 0.6 is 0 Å². The van der Waals surface area contributed by atoms with Gasteiger partial charge in [-0.3, -0.25) is 19.4 Å². The van der Waals surface area contributed by atoms with Crippen molar-refractivity contribution in [3.63, 3.8) is 0 Å². The number of methoxy groups -OCH3 is 1. The molecule has 114 valence electrons. The minimum absolute atomic E-state index is 0.0610. The highest BCUT2D eigenvalue weighted by atomic mass is 16.5. The third kappa shape index (κ3) is 3.88. The van der Waals surface area contributed by atoms with Gasteiger partial charge in [0.15, 0.2) is 5.78 Å². The van der Waals surface area contributed by atoms with E-state index in [-0.39, 0.29) is 18.6 Å². The van der Waals surface area contributed by atoms with Gasteiger partial charge in [-0.15, -0.1) is 0 Å². The average molecular weight is 300 g/mol. The number of aromatic nitrogens is 2. The molecule has 0 saturated carbocycles. The molecule has 0 aromatic carbocycles. The predicted molar refractivity (Wildman–Crippen MR) is 78.2 cm³/mol. The molecular weight excluding hydrogens is 284 g/mol. The van der Waals surface area contributed by atoms with Crippen LogP contribution in [0.15, 0.2) is 42.9 Å². The minimum Gasteiger partial charge on any atom is -0.469 e. The van der Waals surface area contributed by atoms with E-state index in [4.69, 9.17) is 0 Å². The highest BCUT2D eigenvalue weighted by Crippen LogP contribution is 2.16. The van der Waals surface area contributed by atoms with E-state index < -0.39 is 17.7 Å². The van der Waals surface area contributed by atoms with Crippen LogP contribution in [0.25, 0.3) is 0 Å². The summed E-state index contributed by atoms with van der Waals surface area (Å²) in [6.45, 7) is 0. The summed E-state index contributed by atoms with van der Waals surface area (Å²) >= 11 is 0. The predicted octanol–water partition coefficient (Wildman–Crippen LogP) is 1.58. The maximum absolute atomic E-state index is 12.5. The number of Topliss-reactive ketones (excluding diaryl/α,β-unsaturated/α-hetero) is 2. The number of carbonyl (C=O) groups excluding carboxylic acids is 3. The van der Waals surface area contributed by atoms with Gasteiger partial charge in [-0.2, -0.15) is 0 Å². The molecule has 6 heteroatoms. The van der Waals surface area contributed by atoms with E-state index in [9.17, 15) is 14.4 Å². The summed E-state index contributed by atoms with van der Waals surface area (Å²) in [5.74, 6) is -2.37. The van der Waals surface area contributed by atoms with E-state index in [1.165, 1.54) is 31.6 Å². The first-order chi connectivity index (χ1) is 10.6. The molecule has 2 rings (SSSR count). The first kappa shape index (κ1) is 15.6.